The van der Waals surface area contributed by atoms with Crippen LogP contribution in [-0.2, 0) is 4.79 Å². The maximum absolute atomic E-state index is 12.5. The summed E-state index contributed by atoms with van der Waals surface area (Å²) in [5.74, 6) is 0.766. The minimum absolute atomic E-state index is 0.0104. The van der Waals surface area contributed by atoms with Crippen LogP contribution >= 0.6 is 11.3 Å². The summed E-state index contributed by atoms with van der Waals surface area (Å²) in [5.41, 5.74) is 5.29. The first kappa shape index (κ1) is 16.2. The number of rotatable bonds is 2. The molecule has 4 aromatic rings. The van der Waals surface area contributed by atoms with E-state index in [1.165, 1.54) is 5.56 Å². The van der Waals surface area contributed by atoms with E-state index in [9.17, 15) is 4.79 Å². The Hall–Kier alpha value is -2.99. The molecule has 1 aliphatic heterocycles. The van der Waals surface area contributed by atoms with Gasteiger partial charge in [-0.2, -0.15) is 9.78 Å². The predicted molar refractivity (Wildman–Crippen MR) is 108 cm³/mol. The van der Waals surface area contributed by atoms with Crippen molar-refractivity contribution in [3.05, 3.63) is 70.9 Å². The number of carbonyl (C=O) groups excluding carboxylic acids is 1. The van der Waals surface area contributed by atoms with Crippen molar-refractivity contribution in [2.45, 2.75) is 26.2 Å². The topological polar surface area (TPSA) is 59.8 Å². The molecule has 0 saturated carbocycles. The van der Waals surface area contributed by atoms with Crippen LogP contribution in [0, 0.1) is 13.8 Å². The summed E-state index contributed by atoms with van der Waals surface area (Å²) in [6.45, 7) is 4.08. The van der Waals surface area contributed by atoms with Gasteiger partial charge < -0.3 is 5.32 Å². The molecular formula is C21H18N4OS. The molecular weight excluding hydrogens is 356 g/mol. The van der Waals surface area contributed by atoms with Gasteiger partial charge in [0.15, 0.2) is 0 Å². The number of benzene rings is 2. The monoisotopic (exact) mass is 374 g/mol. The highest BCUT2D eigenvalue weighted by Crippen LogP contribution is 2.41. The van der Waals surface area contributed by atoms with Crippen molar-refractivity contribution >= 4 is 33.3 Å². The number of aryl methyl sites for hydroxylation is 2. The number of amides is 1. The highest BCUT2D eigenvalue weighted by molar-refractivity contribution is 7.20. The Morgan fingerprint density at radius 2 is 2.00 bits per heavy atom. The van der Waals surface area contributed by atoms with Gasteiger partial charge in [-0.05, 0) is 31.5 Å². The van der Waals surface area contributed by atoms with Crippen LogP contribution in [0.1, 0.15) is 34.7 Å². The van der Waals surface area contributed by atoms with Crippen molar-refractivity contribution in [1.82, 2.24) is 14.8 Å². The van der Waals surface area contributed by atoms with E-state index in [1.54, 1.807) is 16.0 Å². The normalized spacial score (nSPS) is 16.4. The fourth-order valence-corrected chi connectivity index (χ4v) is 4.73. The lowest BCUT2D eigenvalue weighted by Crippen LogP contribution is -2.25. The molecule has 1 atom stereocenters. The number of carbonyl (C=O) groups is 1. The van der Waals surface area contributed by atoms with Gasteiger partial charge in [-0.15, -0.1) is 0 Å². The van der Waals surface area contributed by atoms with Gasteiger partial charge in [-0.25, -0.2) is 4.98 Å². The molecule has 5 nitrogen and oxygen atoms in total. The van der Waals surface area contributed by atoms with Gasteiger partial charge in [0.2, 0.25) is 11.0 Å². The second kappa shape index (κ2) is 6.03. The van der Waals surface area contributed by atoms with Gasteiger partial charge in [0.1, 0.15) is 5.82 Å². The lowest BCUT2D eigenvalue weighted by molar-refractivity contribution is -0.116. The smallest absolute Gasteiger partial charge is 0.226 e. The fourth-order valence-electron chi connectivity index (χ4n) is 3.81. The standard InChI is InChI=1S/C21H18N4OS/c1-12-6-5-7-14(10-12)15-11-18(26)23-20-19(15)13(2)24-25(20)21-22-16-8-3-4-9-17(16)27-21/h3-10,15H,11H2,1-2H3,(H,23,26)/t15-/m1/s1. The van der Waals surface area contributed by atoms with Crippen LogP contribution in [0.15, 0.2) is 48.5 Å². The average molecular weight is 374 g/mol. The molecule has 134 valence electrons. The van der Waals surface area contributed by atoms with E-state index in [0.29, 0.717) is 6.42 Å². The van der Waals surface area contributed by atoms with E-state index in [2.05, 4.69) is 30.4 Å². The molecule has 0 bridgehead atoms. The predicted octanol–water partition coefficient (Wildman–Crippen LogP) is 4.57. The number of fused-ring (bicyclic) bond motifs is 2. The highest BCUT2D eigenvalue weighted by atomic mass is 32.1. The third kappa shape index (κ3) is 2.64. The van der Waals surface area contributed by atoms with Crippen molar-refractivity contribution in [2.75, 3.05) is 5.32 Å². The van der Waals surface area contributed by atoms with Gasteiger partial charge in [-0.3, -0.25) is 4.79 Å². The number of thiazole rings is 1. The first-order valence-corrected chi connectivity index (χ1v) is 9.73. The second-order valence-corrected chi connectivity index (χ2v) is 7.95. The molecule has 27 heavy (non-hydrogen) atoms. The minimum Gasteiger partial charge on any atom is -0.310 e. The van der Waals surface area contributed by atoms with Gasteiger partial charge >= 0.3 is 0 Å². The van der Waals surface area contributed by atoms with E-state index < -0.39 is 0 Å². The number of nitrogens with zero attached hydrogens (tertiary/aromatic N) is 3. The first-order valence-electron chi connectivity index (χ1n) is 8.92. The van der Waals surface area contributed by atoms with Crippen LogP contribution in [0.25, 0.3) is 15.3 Å². The van der Waals surface area contributed by atoms with Crippen LogP contribution in [0.2, 0.25) is 0 Å². The van der Waals surface area contributed by atoms with Gasteiger partial charge in [0.25, 0.3) is 0 Å². The van der Waals surface area contributed by atoms with Crippen molar-refractivity contribution in [2.24, 2.45) is 0 Å². The molecule has 0 radical (unpaired) electrons. The molecule has 1 N–H and O–H groups in total. The molecule has 0 unspecified atom stereocenters. The summed E-state index contributed by atoms with van der Waals surface area (Å²) in [7, 11) is 0. The lowest BCUT2D eigenvalue weighted by Gasteiger charge is -2.24. The Bertz CT molecular complexity index is 1160. The van der Waals surface area contributed by atoms with Crippen LogP contribution < -0.4 is 5.32 Å². The molecule has 2 aromatic heterocycles. The van der Waals surface area contributed by atoms with Crippen molar-refractivity contribution in [3.63, 3.8) is 0 Å². The molecule has 2 aromatic carbocycles. The van der Waals surface area contributed by atoms with E-state index in [0.717, 1.165) is 38.0 Å². The van der Waals surface area contributed by atoms with E-state index >= 15 is 0 Å². The van der Waals surface area contributed by atoms with Crippen LogP contribution in [-0.4, -0.2) is 20.7 Å². The van der Waals surface area contributed by atoms with E-state index in [4.69, 9.17) is 10.1 Å². The molecule has 5 rings (SSSR count). The quantitative estimate of drug-likeness (QED) is 0.559. The molecule has 3 heterocycles. The molecule has 1 amide bonds. The summed E-state index contributed by atoms with van der Waals surface area (Å²) < 4.78 is 2.89. The Morgan fingerprint density at radius 1 is 1.15 bits per heavy atom. The highest BCUT2D eigenvalue weighted by Gasteiger charge is 2.33. The van der Waals surface area contributed by atoms with Crippen molar-refractivity contribution < 1.29 is 4.79 Å². The Kier molecular flexibility index (Phi) is 3.62. The average Bonchev–Trinajstić information content (AvgIpc) is 3.22. The van der Waals surface area contributed by atoms with Crippen LogP contribution in [0.4, 0.5) is 5.82 Å². The zero-order valence-electron chi connectivity index (χ0n) is 15.1. The third-order valence-electron chi connectivity index (χ3n) is 5.01. The molecule has 0 aliphatic carbocycles. The maximum Gasteiger partial charge on any atom is 0.226 e. The lowest BCUT2D eigenvalue weighted by atomic mass is 9.85. The molecule has 6 heteroatoms. The summed E-state index contributed by atoms with van der Waals surface area (Å²) in [5, 5.41) is 8.54. The van der Waals surface area contributed by atoms with Crippen molar-refractivity contribution in [3.8, 4) is 5.13 Å². The third-order valence-corrected chi connectivity index (χ3v) is 6.02. The summed E-state index contributed by atoms with van der Waals surface area (Å²) >= 11 is 1.58. The molecule has 0 saturated heterocycles. The van der Waals surface area contributed by atoms with Gasteiger partial charge in [0.05, 0.1) is 15.9 Å². The van der Waals surface area contributed by atoms with Crippen molar-refractivity contribution in [1.29, 1.82) is 0 Å². The van der Waals surface area contributed by atoms with Crippen LogP contribution in [0.5, 0.6) is 0 Å². The fraction of sp³-hybridized carbons (Fsp3) is 0.190. The summed E-state index contributed by atoms with van der Waals surface area (Å²) in [6.07, 6.45) is 0.433. The second-order valence-electron chi connectivity index (χ2n) is 6.94. The molecule has 0 fully saturated rings. The van der Waals surface area contributed by atoms with Crippen LogP contribution in [0.3, 0.4) is 0 Å². The summed E-state index contributed by atoms with van der Waals surface area (Å²) in [4.78, 5) is 17.2. The minimum atomic E-state index is 0.0104. The zero-order chi connectivity index (χ0) is 18.5. The number of hydrogen-bond donors (Lipinski definition) is 1. The largest absolute Gasteiger partial charge is 0.310 e. The van der Waals surface area contributed by atoms with Gasteiger partial charge in [-0.1, -0.05) is 53.3 Å². The van der Waals surface area contributed by atoms with Gasteiger partial charge in [0, 0.05) is 17.9 Å². The number of anilines is 1. The Balaban J connectivity index is 1.69. The first-order chi connectivity index (χ1) is 13.1. The van der Waals surface area contributed by atoms with E-state index in [-0.39, 0.29) is 11.8 Å². The number of para-hydroxylation sites is 1. The summed E-state index contributed by atoms with van der Waals surface area (Å²) in [6, 6.07) is 16.4. The zero-order valence-corrected chi connectivity index (χ0v) is 15.9. The maximum atomic E-state index is 12.5. The van der Waals surface area contributed by atoms with E-state index in [1.807, 2.05) is 37.3 Å². The Labute approximate surface area is 160 Å². The number of aromatic nitrogens is 3. The number of nitrogens with one attached hydrogen (secondary N) is 1. The molecule has 0 spiro atoms. The number of hydrogen-bond acceptors (Lipinski definition) is 4. The Morgan fingerprint density at radius 3 is 2.81 bits per heavy atom. The SMILES string of the molecule is Cc1cccc([C@H]2CC(=O)Nc3c2c(C)nn3-c2nc3ccccc3s2)c1. The molecule has 1 aliphatic rings.